The molecule has 1 unspecified atom stereocenters. The number of hydrogen-bond donors (Lipinski definition) is 2. The smallest absolute Gasteiger partial charge is 0.295 e. The highest BCUT2D eigenvalue weighted by Gasteiger charge is 2.45. The largest absolute Gasteiger partial charge is 0.507 e. The van der Waals surface area contributed by atoms with Crippen LogP contribution in [0.1, 0.15) is 22.7 Å². The minimum atomic E-state index is -3.80. The first-order valence-electron chi connectivity index (χ1n) is 10.3. The maximum atomic E-state index is 13.0. The first-order valence-corrected chi connectivity index (χ1v) is 11.8. The highest BCUT2D eigenvalue weighted by atomic mass is 32.2. The molecule has 3 N–H and O–H groups in total. The molecule has 3 aromatic carbocycles. The Morgan fingerprint density at radius 1 is 0.879 bits per heavy atom. The molecule has 1 heterocycles. The molecule has 0 radical (unpaired) electrons. The van der Waals surface area contributed by atoms with Crippen LogP contribution in [0.25, 0.3) is 5.76 Å². The van der Waals surface area contributed by atoms with E-state index in [-0.39, 0.29) is 22.8 Å². The predicted octanol–water partition coefficient (Wildman–Crippen LogP) is 3.00. The highest BCUT2D eigenvalue weighted by molar-refractivity contribution is 7.89. The fourth-order valence-electron chi connectivity index (χ4n) is 3.94. The Hall–Kier alpha value is -3.75. The van der Waals surface area contributed by atoms with Crippen LogP contribution in [-0.2, 0) is 26.0 Å². The maximum absolute atomic E-state index is 13.0. The molecule has 0 bridgehead atoms. The van der Waals surface area contributed by atoms with E-state index in [2.05, 4.69) is 0 Å². The van der Waals surface area contributed by atoms with Gasteiger partial charge in [-0.2, -0.15) is 0 Å². The molecule has 0 spiro atoms. The van der Waals surface area contributed by atoms with Crippen molar-refractivity contribution in [3.8, 4) is 0 Å². The quantitative estimate of drug-likeness (QED) is 0.332. The lowest BCUT2D eigenvalue weighted by atomic mass is 9.95. The number of rotatable bonds is 6. The van der Waals surface area contributed by atoms with Crippen molar-refractivity contribution < 1.29 is 23.1 Å². The normalized spacial score (nSPS) is 18.0. The molecule has 1 aliphatic rings. The van der Waals surface area contributed by atoms with E-state index in [1.54, 1.807) is 42.5 Å². The summed E-state index contributed by atoms with van der Waals surface area (Å²) in [6.07, 6.45) is 0.382. The van der Waals surface area contributed by atoms with E-state index < -0.39 is 27.8 Å². The summed E-state index contributed by atoms with van der Waals surface area (Å²) in [4.78, 5) is 27.4. The molecule has 4 rings (SSSR count). The van der Waals surface area contributed by atoms with Crippen LogP contribution in [0, 0.1) is 0 Å². The fraction of sp³-hybridized carbons (Fsp3) is 0.120. The topological polar surface area (TPSA) is 118 Å². The molecule has 7 nitrogen and oxygen atoms in total. The summed E-state index contributed by atoms with van der Waals surface area (Å²) < 4.78 is 22.9. The van der Waals surface area contributed by atoms with Gasteiger partial charge in [-0.15, -0.1) is 0 Å². The molecule has 3 aromatic rings. The van der Waals surface area contributed by atoms with Crippen LogP contribution in [0.4, 0.5) is 0 Å². The lowest BCUT2D eigenvalue weighted by Crippen LogP contribution is -2.31. The third kappa shape index (κ3) is 4.57. The van der Waals surface area contributed by atoms with E-state index in [1.165, 1.54) is 17.0 Å². The molecule has 168 valence electrons. The summed E-state index contributed by atoms with van der Waals surface area (Å²) in [6, 6.07) is 23.0. The SMILES string of the molecule is NS(=O)(=O)c1ccc(CCN2C(=O)C(=O)C(=C(O)c3ccccc3)C2c2ccccc2)cc1. The van der Waals surface area contributed by atoms with Crippen molar-refractivity contribution in [2.45, 2.75) is 17.4 Å². The Bertz CT molecular complexity index is 1320. The van der Waals surface area contributed by atoms with E-state index in [4.69, 9.17) is 5.14 Å². The minimum absolute atomic E-state index is 0.00107. The molecule has 1 saturated heterocycles. The van der Waals surface area contributed by atoms with Gasteiger partial charge < -0.3 is 10.0 Å². The lowest BCUT2D eigenvalue weighted by Gasteiger charge is -2.25. The molecule has 33 heavy (non-hydrogen) atoms. The molecule has 0 saturated carbocycles. The van der Waals surface area contributed by atoms with Crippen LogP contribution in [0.15, 0.2) is 95.4 Å². The van der Waals surface area contributed by atoms with Gasteiger partial charge >= 0.3 is 0 Å². The molecule has 0 aromatic heterocycles. The van der Waals surface area contributed by atoms with Gasteiger partial charge in [-0.1, -0.05) is 72.8 Å². The number of carbonyl (C=O) groups excluding carboxylic acids is 2. The van der Waals surface area contributed by atoms with E-state index in [0.717, 1.165) is 5.56 Å². The second-order valence-corrected chi connectivity index (χ2v) is 9.27. The Balaban J connectivity index is 1.69. The number of ketones is 1. The third-order valence-electron chi connectivity index (χ3n) is 5.60. The number of likely N-dealkylation sites (tertiary alicyclic amines) is 1. The van der Waals surface area contributed by atoms with Gasteiger partial charge in [0.25, 0.3) is 11.7 Å². The number of hydrogen-bond acceptors (Lipinski definition) is 5. The van der Waals surface area contributed by atoms with Crippen molar-refractivity contribution in [1.82, 2.24) is 4.90 Å². The summed E-state index contributed by atoms with van der Waals surface area (Å²) in [5.74, 6) is -1.65. The van der Waals surface area contributed by atoms with Gasteiger partial charge in [0.2, 0.25) is 10.0 Å². The Kier molecular flexibility index (Phi) is 6.13. The van der Waals surface area contributed by atoms with Gasteiger partial charge in [0.1, 0.15) is 5.76 Å². The van der Waals surface area contributed by atoms with Gasteiger partial charge in [-0.3, -0.25) is 9.59 Å². The number of sulfonamides is 1. The van der Waals surface area contributed by atoms with Crippen molar-refractivity contribution in [1.29, 1.82) is 0 Å². The van der Waals surface area contributed by atoms with Crippen LogP contribution >= 0.6 is 0 Å². The first kappa shape index (κ1) is 22.4. The van der Waals surface area contributed by atoms with E-state index in [0.29, 0.717) is 17.5 Å². The highest BCUT2D eigenvalue weighted by Crippen LogP contribution is 2.39. The van der Waals surface area contributed by atoms with Crippen molar-refractivity contribution in [2.24, 2.45) is 5.14 Å². The summed E-state index contributed by atoms with van der Waals surface area (Å²) >= 11 is 0. The second-order valence-electron chi connectivity index (χ2n) is 7.71. The maximum Gasteiger partial charge on any atom is 0.295 e. The van der Waals surface area contributed by atoms with Gasteiger partial charge in [0.15, 0.2) is 0 Å². The summed E-state index contributed by atoms with van der Waals surface area (Å²) in [5.41, 5.74) is 1.98. The minimum Gasteiger partial charge on any atom is -0.507 e. The monoisotopic (exact) mass is 462 g/mol. The predicted molar refractivity (Wildman–Crippen MR) is 123 cm³/mol. The molecule has 1 amide bonds. The third-order valence-corrected chi connectivity index (χ3v) is 6.52. The number of nitrogens with zero attached hydrogens (tertiary/aromatic N) is 1. The molecule has 0 aliphatic carbocycles. The van der Waals surface area contributed by atoms with Gasteiger partial charge in [-0.25, -0.2) is 13.6 Å². The number of nitrogens with two attached hydrogens (primary N) is 1. The molecule has 1 atom stereocenters. The van der Waals surface area contributed by atoms with Gasteiger partial charge in [0.05, 0.1) is 16.5 Å². The standard InChI is InChI=1S/C25H22N2O5S/c26-33(31,32)20-13-11-17(12-14-20)15-16-27-22(18-7-3-1-4-8-18)21(24(29)25(27)30)23(28)19-9-5-2-6-10-19/h1-14,22,28H,15-16H2,(H2,26,31,32). The van der Waals surface area contributed by atoms with E-state index in [9.17, 15) is 23.1 Å². The van der Waals surface area contributed by atoms with Crippen LogP contribution in [-0.4, -0.2) is 36.7 Å². The number of aliphatic hydroxyl groups is 1. The zero-order valence-electron chi connectivity index (χ0n) is 17.6. The number of carbonyl (C=O) groups is 2. The molecular formula is C25H22N2O5S. The molecule has 1 aliphatic heterocycles. The Morgan fingerprint density at radius 3 is 2.03 bits per heavy atom. The fourth-order valence-corrected chi connectivity index (χ4v) is 4.45. The average molecular weight is 463 g/mol. The number of primary sulfonamides is 1. The zero-order chi connectivity index (χ0) is 23.6. The van der Waals surface area contributed by atoms with Crippen molar-refractivity contribution in [3.05, 3.63) is 107 Å². The number of benzene rings is 3. The summed E-state index contributed by atoms with van der Waals surface area (Å²) in [6.45, 7) is 0.199. The van der Waals surface area contributed by atoms with Crippen molar-refractivity contribution >= 4 is 27.5 Å². The van der Waals surface area contributed by atoms with E-state index in [1.807, 2.05) is 30.3 Å². The first-order chi connectivity index (χ1) is 15.8. The second kappa shape index (κ2) is 9.01. The van der Waals surface area contributed by atoms with Crippen molar-refractivity contribution in [3.63, 3.8) is 0 Å². The Labute approximate surface area is 191 Å². The number of amides is 1. The molecule has 1 fully saturated rings. The van der Waals surface area contributed by atoms with Gasteiger partial charge in [-0.05, 0) is 29.7 Å². The van der Waals surface area contributed by atoms with Crippen LogP contribution in [0.2, 0.25) is 0 Å². The lowest BCUT2D eigenvalue weighted by molar-refractivity contribution is -0.139. The van der Waals surface area contributed by atoms with Crippen LogP contribution in [0.5, 0.6) is 0 Å². The molecular weight excluding hydrogens is 440 g/mol. The average Bonchev–Trinajstić information content (AvgIpc) is 3.08. The number of Topliss-reactive ketones (excluding diaryl/α,β-unsaturated/α-hetero) is 1. The van der Waals surface area contributed by atoms with Gasteiger partial charge in [0, 0.05) is 12.1 Å². The molecule has 8 heteroatoms. The van der Waals surface area contributed by atoms with Crippen LogP contribution in [0.3, 0.4) is 0 Å². The summed E-state index contributed by atoms with van der Waals surface area (Å²) in [7, 11) is -3.80. The van der Waals surface area contributed by atoms with E-state index >= 15 is 0 Å². The van der Waals surface area contributed by atoms with Crippen LogP contribution < -0.4 is 5.14 Å². The summed E-state index contributed by atoms with van der Waals surface area (Å²) in [5, 5.41) is 16.1. The number of aliphatic hydroxyl groups excluding tert-OH is 1. The zero-order valence-corrected chi connectivity index (χ0v) is 18.4. The Morgan fingerprint density at radius 2 is 1.45 bits per heavy atom. The van der Waals surface area contributed by atoms with Crippen molar-refractivity contribution in [2.75, 3.05) is 6.54 Å².